The summed E-state index contributed by atoms with van der Waals surface area (Å²) in [7, 11) is 1.70. The van der Waals surface area contributed by atoms with Crippen molar-refractivity contribution in [2.24, 2.45) is 5.41 Å². The maximum atomic E-state index is 12.8. The molecule has 25 heavy (non-hydrogen) atoms. The molecule has 4 heteroatoms. The maximum absolute atomic E-state index is 12.8. The second-order valence-corrected chi connectivity index (χ2v) is 9.22. The Bertz CT molecular complexity index is 689. The van der Waals surface area contributed by atoms with Gasteiger partial charge in [0.1, 0.15) is 11.4 Å². The number of amides is 1. The molecular weight excluding hydrogens is 314 g/mol. The number of ether oxygens (including phenoxy) is 2. The molecule has 2 atom stereocenters. The summed E-state index contributed by atoms with van der Waals surface area (Å²) < 4.78 is 11.1. The molecule has 0 N–H and O–H groups in total. The molecule has 1 aliphatic carbocycles. The van der Waals surface area contributed by atoms with Crippen LogP contribution < -0.4 is 4.74 Å². The highest BCUT2D eigenvalue weighted by atomic mass is 16.6. The maximum Gasteiger partial charge on any atom is 0.410 e. The van der Waals surface area contributed by atoms with Crippen molar-refractivity contribution >= 4 is 6.09 Å². The fourth-order valence-corrected chi connectivity index (χ4v) is 4.58. The van der Waals surface area contributed by atoms with E-state index in [9.17, 15) is 4.79 Å². The number of nitrogens with zero attached hydrogens (tertiary/aromatic N) is 1. The van der Waals surface area contributed by atoms with Gasteiger partial charge in [0.25, 0.3) is 0 Å². The van der Waals surface area contributed by atoms with Crippen molar-refractivity contribution in [1.82, 2.24) is 4.90 Å². The molecular formula is C21H31NO3. The summed E-state index contributed by atoms with van der Waals surface area (Å²) in [6.45, 7) is 13.4. The quantitative estimate of drug-likeness (QED) is 0.750. The van der Waals surface area contributed by atoms with Gasteiger partial charge in [0, 0.05) is 18.0 Å². The first-order chi connectivity index (χ1) is 11.5. The molecule has 138 valence electrons. The van der Waals surface area contributed by atoms with E-state index in [2.05, 4.69) is 39.0 Å². The minimum atomic E-state index is -0.474. The summed E-state index contributed by atoms with van der Waals surface area (Å²) in [5.41, 5.74) is 2.23. The van der Waals surface area contributed by atoms with E-state index in [4.69, 9.17) is 9.47 Å². The zero-order valence-electron chi connectivity index (χ0n) is 16.6. The van der Waals surface area contributed by atoms with Gasteiger partial charge in [-0.2, -0.15) is 0 Å². The summed E-state index contributed by atoms with van der Waals surface area (Å²) in [4.78, 5) is 14.8. The minimum Gasteiger partial charge on any atom is -0.497 e. The highest BCUT2D eigenvalue weighted by Gasteiger charge is 2.57. The molecule has 1 saturated heterocycles. The lowest BCUT2D eigenvalue weighted by Gasteiger charge is -2.60. The van der Waals surface area contributed by atoms with Crippen molar-refractivity contribution < 1.29 is 14.3 Å². The van der Waals surface area contributed by atoms with Crippen molar-refractivity contribution in [2.75, 3.05) is 13.7 Å². The van der Waals surface area contributed by atoms with Crippen molar-refractivity contribution in [3.8, 4) is 5.75 Å². The van der Waals surface area contributed by atoms with Crippen molar-refractivity contribution in [1.29, 1.82) is 0 Å². The molecule has 1 aromatic carbocycles. The molecule has 2 bridgehead atoms. The van der Waals surface area contributed by atoms with E-state index in [0.717, 1.165) is 25.1 Å². The molecule has 3 rings (SSSR count). The summed E-state index contributed by atoms with van der Waals surface area (Å²) in [5.74, 6) is 0.879. The average molecular weight is 345 g/mol. The van der Waals surface area contributed by atoms with E-state index >= 15 is 0 Å². The number of piperidine rings is 1. The fraction of sp³-hybridized carbons (Fsp3) is 0.667. The van der Waals surface area contributed by atoms with Crippen molar-refractivity contribution in [3.63, 3.8) is 0 Å². The third-order valence-electron chi connectivity index (χ3n) is 6.43. The van der Waals surface area contributed by atoms with Crippen molar-refractivity contribution in [3.05, 3.63) is 29.3 Å². The van der Waals surface area contributed by atoms with Gasteiger partial charge in [-0.05, 0) is 62.3 Å². The number of hydrogen-bond donors (Lipinski definition) is 0. The summed E-state index contributed by atoms with van der Waals surface area (Å²) in [6, 6.07) is 6.53. The average Bonchev–Trinajstić information content (AvgIpc) is 2.48. The Kier molecular flexibility index (Phi) is 4.09. The van der Waals surface area contributed by atoms with Crippen LogP contribution in [0.5, 0.6) is 5.75 Å². The number of fused-ring (bicyclic) bond motifs is 4. The molecule has 0 radical (unpaired) electrons. The first-order valence-corrected chi connectivity index (χ1v) is 9.16. The summed E-state index contributed by atoms with van der Waals surface area (Å²) in [6.07, 6.45) is 1.59. The largest absolute Gasteiger partial charge is 0.497 e. The third kappa shape index (κ3) is 2.80. The minimum absolute atomic E-state index is 0.0241. The number of carbonyl (C=O) groups is 1. The first kappa shape index (κ1) is 18.1. The predicted octanol–water partition coefficient (Wildman–Crippen LogP) is 4.54. The van der Waals surface area contributed by atoms with Crippen LogP contribution in [0.1, 0.15) is 59.1 Å². The fourth-order valence-electron chi connectivity index (χ4n) is 4.58. The number of rotatable bonds is 1. The lowest BCUT2D eigenvalue weighted by molar-refractivity contribution is -0.0521. The Morgan fingerprint density at radius 1 is 1.24 bits per heavy atom. The van der Waals surface area contributed by atoms with E-state index in [1.54, 1.807) is 7.11 Å². The molecule has 1 fully saturated rings. The van der Waals surface area contributed by atoms with Crippen LogP contribution in [0.4, 0.5) is 4.79 Å². The normalized spacial score (nSPS) is 27.5. The zero-order chi connectivity index (χ0) is 18.6. The van der Waals surface area contributed by atoms with Gasteiger partial charge in [-0.3, -0.25) is 0 Å². The molecule has 1 aromatic rings. The monoisotopic (exact) mass is 345 g/mol. The number of hydrogen-bond acceptors (Lipinski definition) is 3. The van der Waals surface area contributed by atoms with Gasteiger partial charge in [-0.25, -0.2) is 4.79 Å². The number of likely N-dealkylation sites (tertiary alicyclic amines) is 1. The van der Waals surface area contributed by atoms with Gasteiger partial charge in [-0.1, -0.05) is 26.8 Å². The topological polar surface area (TPSA) is 38.8 Å². The Morgan fingerprint density at radius 2 is 1.92 bits per heavy atom. The van der Waals surface area contributed by atoms with Gasteiger partial charge in [0.15, 0.2) is 0 Å². The van der Waals surface area contributed by atoms with Crippen LogP contribution in [0, 0.1) is 5.41 Å². The van der Waals surface area contributed by atoms with E-state index in [0.29, 0.717) is 0 Å². The molecule has 0 saturated carbocycles. The van der Waals surface area contributed by atoms with Crippen LogP contribution in [0.3, 0.4) is 0 Å². The van der Waals surface area contributed by atoms with Crippen molar-refractivity contribution in [2.45, 2.75) is 71.4 Å². The second kappa shape index (κ2) is 5.65. The van der Waals surface area contributed by atoms with E-state index in [1.165, 1.54) is 11.1 Å². The Hall–Kier alpha value is -1.71. The van der Waals surface area contributed by atoms with Crippen LogP contribution >= 0.6 is 0 Å². The second-order valence-electron chi connectivity index (χ2n) is 9.22. The SMILES string of the molecule is COc1ccc2c(c1)CC1N(C(=O)OC(C)(C)C)CC[C@@]2(C)C1(C)C. The number of carbonyl (C=O) groups excluding carboxylic acids is 1. The number of benzene rings is 1. The Balaban J connectivity index is 2.01. The van der Waals surface area contributed by atoms with Gasteiger partial charge < -0.3 is 14.4 Å². The van der Waals surface area contributed by atoms with Gasteiger partial charge >= 0.3 is 6.09 Å². The van der Waals surface area contributed by atoms with E-state index in [1.807, 2.05) is 25.7 Å². The summed E-state index contributed by atoms with van der Waals surface area (Å²) >= 11 is 0. The molecule has 0 aromatic heterocycles. The van der Waals surface area contributed by atoms with Crippen LogP contribution in [0.2, 0.25) is 0 Å². The van der Waals surface area contributed by atoms with Gasteiger partial charge in [0.05, 0.1) is 7.11 Å². The highest BCUT2D eigenvalue weighted by molar-refractivity contribution is 5.69. The first-order valence-electron chi connectivity index (χ1n) is 9.16. The smallest absolute Gasteiger partial charge is 0.410 e. The Morgan fingerprint density at radius 3 is 2.52 bits per heavy atom. The van der Waals surface area contributed by atoms with Crippen LogP contribution in [0.25, 0.3) is 0 Å². The molecule has 0 spiro atoms. The van der Waals surface area contributed by atoms with Gasteiger partial charge in [-0.15, -0.1) is 0 Å². The van der Waals surface area contributed by atoms with Crippen LogP contribution in [0.15, 0.2) is 18.2 Å². The predicted molar refractivity (Wildman–Crippen MR) is 99.2 cm³/mol. The lowest BCUT2D eigenvalue weighted by Crippen LogP contribution is -2.65. The van der Waals surface area contributed by atoms with E-state index in [-0.39, 0.29) is 23.0 Å². The summed E-state index contributed by atoms with van der Waals surface area (Å²) in [5, 5.41) is 0. The zero-order valence-corrected chi connectivity index (χ0v) is 16.6. The third-order valence-corrected chi connectivity index (χ3v) is 6.43. The Labute approximate surface area is 151 Å². The highest BCUT2D eigenvalue weighted by Crippen LogP contribution is 2.56. The molecule has 2 aliphatic rings. The number of methoxy groups -OCH3 is 1. The van der Waals surface area contributed by atoms with Crippen LogP contribution in [-0.4, -0.2) is 36.3 Å². The standard InChI is InChI=1S/C21H31NO3/c1-19(2,3)25-18(23)22-11-10-21(6)16-9-8-15(24-7)12-14(16)13-17(22)20(21,4)5/h8-9,12,17H,10-11,13H2,1-7H3/t17?,21-/m1/s1. The molecule has 1 amide bonds. The van der Waals surface area contributed by atoms with Crippen LogP contribution in [-0.2, 0) is 16.6 Å². The molecule has 1 aliphatic heterocycles. The van der Waals surface area contributed by atoms with Gasteiger partial charge in [0.2, 0.25) is 0 Å². The molecule has 1 heterocycles. The molecule has 4 nitrogen and oxygen atoms in total. The van der Waals surface area contributed by atoms with E-state index < -0.39 is 5.60 Å². The molecule has 1 unspecified atom stereocenters. The lowest BCUT2D eigenvalue weighted by atomic mass is 9.51.